The number of carboxylic acids is 1. The van der Waals surface area contributed by atoms with Gasteiger partial charge in [-0.2, -0.15) is 0 Å². The van der Waals surface area contributed by atoms with Crippen LogP contribution in [0, 0.1) is 34.5 Å². The Labute approximate surface area is 128 Å². The smallest absolute Gasteiger partial charge is 0.310 e. The van der Waals surface area contributed by atoms with Gasteiger partial charge in [-0.3, -0.25) is 4.79 Å². The highest BCUT2D eigenvalue weighted by Crippen LogP contribution is 2.66. The van der Waals surface area contributed by atoms with E-state index in [2.05, 4.69) is 6.92 Å². The first kappa shape index (κ1) is 14.1. The van der Waals surface area contributed by atoms with Crippen LogP contribution in [0.3, 0.4) is 0 Å². The van der Waals surface area contributed by atoms with Crippen LogP contribution in [0.15, 0.2) is 0 Å². The molecule has 4 rings (SSSR count). The van der Waals surface area contributed by atoms with E-state index in [0.29, 0.717) is 17.3 Å². The van der Waals surface area contributed by atoms with Gasteiger partial charge >= 0.3 is 5.97 Å². The van der Waals surface area contributed by atoms with E-state index in [1.165, 1.54) is 57.8 Å². The fourth-order valence-corrected chi connectivity index (χ4v) is 7.32. The predicted octanol–water partition coefficient (Wildman–Crippen LogP) is 4.87. The lowest BCUT2D eigenvalue weighted by molar-refractivity contribution is -0.178. The first-order chi connectivity index (χ1) is 10.1. The zero-order valence-electron chi connectivity index (χ0n) is 13.4. The van der Waals surface area contributed by atoms with Crippen LogP contribution in [-0.4, -0.2) is 11.1 Å². The van der Waals surface area contributed by atoms with Crippen molar-refractivity contribution in [1.29, 1.82) is 0 Å². The number of hydrogen-bond donors (Lipinski definition) is 1. The molecule has 2 heteroatoms. The summed E-state index contributed by atoms with van der Waals surface area (Å²) in [6.07, 6.45) is 13.7. The van der Waals surface area contributed by atoms with Crippen molar-refractivity contribution in [1.82, 2.24) is 0 Å². The summed E-state index contributed by atoms with van der Waals surface area (Å²) in [5.74, 6) is 2.08. The Hall–Kier alpha value is -0.530. The molecule has 0 aromatic heterocycles. The Morgan fingerprint density at radius 3 is 2.57 bits per heavy atom. The quantitative estimate of drug-likeness (QED) is 0.747. The summed E-state index contributed by atoms with van der Waals surface area (Å²) < 4.78 is 0. The van der Waals surface area contributed by atoms with Crippen molar-refractivity contribution in [3.63, 3.8) is 0 Å². The SMILES string of the molecule is C[C@@]12CCC[C@H]1[C@@H]1CC[C@H]3CCCC[C@]3(C(=O)O)[C@H]1CC2. The lowest BCUT2D eigenvalue weighted by Crippen LogP contribution is -2.56. The van der Waals surface area contributed by atoms with Crippen molar-refractivity contribution in [3.8, 4) is 0 Å². The Balaban J connectivity index is 1.71. The molecule has 0 radical (unpaired) electrons. The van der Waals surface area contributed by atoms with E-state index >= 15 is 0 Å². The standard InChI is InChI=1S/C19H30O2/c1-18-10-4-6-15(18)14-8-7-13-5-2-3-11-19(13,17(20)21)16(14)9-12-18/h13-16H,2-12H2,1H3,(H,20,21)/t13-,14+,15+,16+,18+,19-/m1/s1. The molecule has 118 valence electrons. The van der Waals surface area contributed by atoms with Crippen LogP contribution in [0.4, 0.5) is 0 Å². The van der Waals surface area contributed by atoms with Gasteiger partial charge in [0, 0.05) is 0 Å². The highest BCUT2D eigenvalue weighted by Gasteiger charge is 2.61. The third-order valence-corrected chi connectivity index (χ3v) is 8.25. The maximum Gasteiger partial charge on any atom is 0.310 e. The molecule has 2 nitrogen and oxygen atoms in total. The zero-order valence-corrected chi connectivity index (χ0v) is 13.4. The molecule has 21 heavy (non-hydrogen) atoms. The van der Waals surface area contributed by atoms with Gasteiger partial charge < -0.3 is 5.11 Å². The zero-order chi connectivity index (χ0) is 14.7. The fraction of sp³-hybridized carbons (Fsp3) is 0.947. The van der Waals surface area contributed by atoms with Gasteiger partial charge in [0.2, 0.25) is 0 Å². The Morgan fingerprint density at radius 1 is 0.905 bits per heavy atom. The van der Waals surface area contributed by atoms with Crippen LogP contribution in [0.5, 0.6) is 0 Å². The van der Waals surface area contributed by atoms with Crippen LogP contribution in [-0.2, 0) is 4.79 Å². The summed E-state index contributed by atoms with van der Waals surface area (Å²) in [6.45, 7) is 2.50. The third-order valence-electron chi connectivity index (χ3n) is 8.25. The number of carboxylic acid groups (broad SMARTS) is 1. The summed E-state index contributed by atoms with van der Waals surface area (Å²) >= 11 is 0. The summed E-state index contributed by atoms with van der Waals surface area (Å²) in [5.41, 5.74) is 0.202. The van der Waals surface area contributed by atoms with E-state index in [1.807, 2.05) is 0 Å². The normalized spacial score (nSPS) is 52.6. The molecule has 4 aliphatic carbocycles. The van der Waals surface area contributed by atoms with Crippen LogP contribution in [0.1, 0.15) is 77.6 Å². The largest absolute Gasteiger partial charge is 0.481 e. The Bertz CT molecular complexity index is 445. The predicted molar refractivity (Wildman–Crippen MR) is 82.9 cm³/mol. The van der Waals surface area contributed by atoms with Crippen LogP contribution in [0.25, 0.3) is 0 Å². The fourth-order valence-electron chi connectivity index (χ4n) is 7.32. The summed E-state index contributed by atoms with van der Waals surface area (Å²) in [6, 6.07) is 0. The highest BCUT2D eigenvalue weighted by molar-refractivity contribution is 5.76. The maximum absolute atomic E-state index is 12.3. The van der Waals surface area contributed by atoms with Crippen molar-refractivity contribution in [2.75, 3.05) is 0 Å². The minimum absolute atomic E-state index is 0.342. The summed E-state index contributed by atoms with van der Waals surface area (Å²) in [5, 5.41) is 10.2. The van der Waals surface area contributed by atoms with E-state index < -0.39 is 5.97 Å². The summed E-state index contributed by atoms with van der Waals surface area (Å²) in [4.78, 5) is 12.3. The molecular weight excluding hydrogens is 260 g/mol. The highest BCUT2D eigenvalue weighted by atomic mass is 16.4. The molecule has 0 amide bonds. The second-order valence-corrected chi connectivity index (χ2v) is 8.83. The molecule has 6 atom stereocenters. The molecule has 0 unspecified atom stereocenters. The monoisotopic (exact) mass is 290 g/mol. The van der Waals surface area contributed by atoms with Gasteiger partial charge in [-0.1, -0.05) is 26.2 Å². The molecule has 0 spiro atoms. The number of carbonyl (C=O) groups is 1. The second kappa shape index (κ2) is 4.73. The van der Waals surface area contributed by atoms with Gasteiger partial charge in [-0.05, 0) is 80.5 Å². The van der Waals surface area contributed by atoms with Crippen LogP contribution in [0.2, 0.25) is 0 Å². The third kappa shape index (κ3) is 1.80. The Morgan fingerprint density at radius 2 is 1.76 bits per heavy atom. The van der Waals surface area contributed by atoms with E-state index in [0.717, 1.165) is 24.7 Å². The van der Waals surface area contributed by atoms with Gasteiger partial charge in [-0.15, -0.1) is 0 Å². The topological polar surface area (TPSA) is 37.3 Å². The summed E-state index contributed by atoms with van der Waals surface area (Å²) in [7, 11) is 0. The average Bonchev–Trinajstić information content (AvgIpc) is 2.88. The van der Waals surface area contributed by atoms with E-state index in [1.54, 1.807) is 0 Å². The van der Waals surface area contributed by atoms with Crippen LogP contribution < -0.4 is 0 Å². The second-order valence-electron chi connectivity index (χ2n) is 8.83. The molecule has 4 aliphatic rings. The number of fused-ring (bicyclic) bond motifs is 5. The van der Waals surface area contributed by atoms with Gasteiger partial charge in [0.05, 0.1) is 5.41 Å². The molecule has 0 heterocycles. The first-order valence-corrected chi connectivity index (χ1v) is 9.31. The molecule has 0 bridgehead atoms. The molecule has 4 fully saturated rings. The van der Waals surface area contributed by atoms with Gasteiger partial charge in [0.15, 0.2) is 0 Å². The number of hydrogen-bond acceptors (Lipinski definition) is 1. The van der Waals surface area contributed by atoms with E-state index in [4.69, 9.17) is 0 Å². The van der Waals surface area contributed by atoms with Gasteiger partial charge in [0.1, 0.15) is 0 Å². The van der Waals surface area contributed by atoms with E-state index in [9.17, 15) is 9.90 Å². The lowest BCUT2D eigenvalue weighted by atomic mass is 9.45. The molecule has 4 saturated carbocycles. The molecule has 0 aliphatic heterocycles. The molecule has 0 saturated heterocycles. The molecule has 0 aromatic rings. The molecular formula is C19H30O2. The van der Waals surface area contributed by atoms with Crippen LogP contribution >= 0.6 is 0 Å². The van der Waals surface area contributed by atoms with Crippen molar-refractivity contribution in [2.24, 2.45) is 34.5 Å². The van der Waals surface area contributed by atoms with Gasteiger partial charge in [0.25, 0.3) is 0 Å². The Kier molecular flexibility index (Phi) is 3.17. The van der Waals surface area contributed by atoms with Crippen molar-refractivity contribution in [2.45, 2.75) is 77.6 Å². The van der Waals surface area contributed by atoms with E-state index in [-0.39, 0.29) is 5.41 Å². The minimum Gasteiger partial charge on any atom is -0.481 e. The molecule has 1 N–H and O–H groups in total. The number of aliphatic carboxylic acids is 1. The first-order valence-electron chi connectivity index (χ1n) is 9.31. The number of rotatable bonds is 1. The van der Waals surface area contributed by atoms with Crippen molar-refractivity contribution in [3.05, 3.63) is 0 Å². The molecule has 0 aromatic carbocycles. The van der Waals surface area contributed by atoms with Gasteiger partial charge in [-0.25, -0.2) is 0 Å². The average molecular weight is 290 g/mol. The minimum atomic E-state index is -0.441. The van der Waals surface area contributed by atoms with Crippen molar-refractivity contribution < 1.29 is 9.90 Å². The van der Waals surface area contributed by atoms with Crippen molar-refractivity contribution >= 4 is 5.97 Å². The maximum atomic E-state index is 12.3. The lowest BCUT2D eigenvalue weighted by Gasteiger charge is -2.59.